The van der Waals surface area contributed by atoms with Gasteiger partial charge in [0.05, 0.1) is 20.8 Å². The zero-order chi connectivity index (χ0) is 15.3. The molecule has 1 aliphatic rings. The zero-order valence-corrected chi connectivity index (χ0v) is 13.3. The third kappa shape index (κ3) is 3.89. The van der Waals surface area contributed by atoms with Gasteiger partial charge < -0.3 is 19.9 Å². The molecule has 21 heavy (non-hydrogen) atoms. The van der Waals surface area contributed by atoms with Crippen LogP contribution in [0.2, 0.25) is 0 Å². The van der Waals surface area contributed by atoms with Crippen molar-refractivity contribution in [2.45, 2.75) is 44.7 Å². The van der Waals surface area contributed by atoms with Gasteiger partial charge in [-0.05, 0) is 37.7 Å². The van der Waals surface area contributed by atoms with Gasteiger partial charge in [0.1, 0.15) is 11.5 Å². The Bertz CT molecular complexity index is 453. The van der Waals surface area contributed by atoms with Crippen molar-refractivity contribution in [1.82, 2.24) is 5.32 Å². The van der Waals surface area contributed by atoms with Gasteiger partial charge in [-0.1, -0.05) is 13.0 Å². The Labute approximate surface area is 127 Å². The Balaban J connectivity index is 2.04. The molecule has 1 saturated carbocycles. The van der Waals surface area contributed by atoms with Gasteiger partial charge in [0, 0.05) is 23.7 Å². The molecule has 118 valence electrons. The average molecular weight is 293 g/mol. The minimum atomic E-state index is -0.141. The van der Waals surface area contributed by atoms with Crippen molar-refractivity contribution < 1.29 is 14.6 Å². The summed E-state index contributed by atoms with van der Waals surface area (Å²) in [6, 6.07) is 5.85. The van der Waals surface area contributed by atoms with Gasteiger partial charge in [-0.25, -0.2) is 0 Å². The fraction of sp³-hybridized carbons (Fsp3) is 0.647. The maximum atomic E-state index is 9.80. The van der Waals surface area contributed by atoms with E-state index in [1.807, 2.05) is 18.2 Å². The van der Waals surface area contributed by atoms with Crippen LogP contribution in [-0.2, 0) is 6.54 Å². The lowest BCUT2D eigenvalue weighted by molar-refractivity contribution is 0.104. The van der Waals surface area contributed by atoms with E-state index in [-0.39, 0.29) is 12.1 Å². The third-order valence-corrected chi connectivity index (χ3v) is 4.68. The summed E-state index contributed by atoms with van der Waals surface area (Å²) in [5.41, 5.74) is 0.946. The van der Waals surface area contributed by atoms with Gasteiger partial charge in [-0.2, -0.15) is 0 Å². The number of benzene rings is 1. The highest BCUT2D eigenvalue weighted by atomic mass is 16.5. The van der Waals surface area contributed by atoms with E-state index in [1.165, 1.54) is 12.8 Å². The molecule has 0 aliphatic heterocycles. The molecule has 2 N–H and O–H groups in total. The van der Waals surface area contributed by atoms with Gasteiger partial charge in [0.25, 0.3) is 0 Å². The molecule has 0 heterocycles. The molecule has 4 heteroatoms. The van der Waals surface area contributed by atoms with Crippen LogP contribution in [0, 0.1) is 5.92 Å². The predicted octanol–water partition coefficient (Wildman–Crippen LogP) is 2.73. The average Bonchev–Trinajstić information content (AvgIpc) is 2.54. The van der Waals surface area contributed by atoms with Gasteiger partial charge in [0.15, 0.2) is 0 Å². The first-order chi connectivity index (χ1) is 10.1. The monoisotopic (exact) mass is 293 g/mol. The van der Waals surface area contributed by atoms with Crippen molar-refractivity contribution in [3.63, 3.8) is 0 Å². The van der Waals surface area contributed by atoms with Crippen molar-refractivity contribution in [3.8, 4) is 11.5 Å². The van der Waals surface area contributed by atoms with E-state index < -0.39 is 0 Å². The highest BCUT2D eigenvalue weighted by molar-refractivity contribution is 5.40. The van der Waals surface area contributed by atoms with Crippen LogP contribution in [0.3, 0.4) is 0 Å². The first-order valence-corrected chi connectivity index (χ1v) is 7.69. The van der Waals surface area contributed by atoms with Crippen molar-refractivity contribution in [3.05, 3.63) is 23.8 Å². The van der Waals surface area contributed by atoms with Crippen molar-refractivity contribution in [2.24, 2.45) is 5.92 Å². The summed E-state index contributed by atoms with van der Waals surface area (Å²) in [6.45, 7) is 3.17. The summed E-state index contributed by atoms with van der Waals surface area (Å²) in [5, 5.41) is 13.4. The lowest BCUT2D eigenvalue weighted by atomic mass is 9.77. The molecule has 0 radical (unpaired) electrons. The summed E-state index contributed by atoms with van der Waals surface area (Å²) < 4.78 is 10.6. The van der Waals surface area contributed by atoms with Gasteiger partial charge in [0.2, 0.25) is 0 Å². The molecule has 1 fully saturated rings. The highest BCUT2D eigenvalue weighted by Crippen LogP contribution is 2.32. The number of hydrogen-bond acceptors (Lipinski definition) is 4. The summed E-state index contributed by atoms with van der Waals surface area (Å²) >= 11 is 0. The van der Waals surface area contributed by atoms with E-state index in [1.54, 1.807) is 14.2 Å². The standard InChI is InChI=1S/C17H27NO3/c1-13-6-8-17(12-19,9-7-13)18-11-14-4-5-15(20-2)10-16(14)21-3/h4-5,10,13,18-19H,6-9,11-12H2,1-3H3. The number of aliphatic hydroxyl groups excluding tert-OH is 1. The van der Waals surface area contributed by atoms with Crippen LogP contribution >= 0.6 is 0 Å². The van der Waals surface area contributed by atoms with Gasteiger partial charge >= 0.3 is 0 Å². The van der Waals surface area contributed by atoms with Crippen LogP contribution in [0.15, 0.2) is 18.2 Å². The van der Waals surface area contributed by atoms with Crippen LogP contribution in [0.5, 0.6) is 11.5 Å². The summed E-state index contributed by atoms with van der Waals surface area (Å²) in [4.78, 5) is 0. The quantitative estimate of drug-likeness (QED) is 0.847. The van der Waals surface area contributed by atoms with Crippen molar-refractivity contribution in [2.75, 3.05) is 20.8 Å². The second-order valence-electron chi connectivity index (χ2n) is 6.15. The number of aliphatic hydroxyl groups is 1. The fourth-order valence-corrected chi connectivity index (χ4v) is 2.99. The fourth-order valence-electron chi connectivity index (χ4n) is 2.99. The van der Waals surface area contributed by atoms with Gasteiger partial charge in [-0.3, -0.25) is 0 Å². The molecule has 1 aliphatic carbocycles. The lowest BCUT2D eigenvalue weighted by Gasteiger charge is -2.39. The Hall–Kier alpha value is -1.26. The molecular weight excluding hydrogens is 266 g/mol. The molecule has 0 saturated heterocycles. The molecule has 0 spiro atoms. The Morgan fingerprint density at radius 2 is 1.95 bits per heavy atom. The molecule has 0 atom stereocenters. The Morgan fingerprint density at radius 3 is 2.52 bits per heavy atom. The molecule has 0 amide bonds. The second-order valence-corrected chi connectivity index (χ2v) is 6.15. The minimum absolute atomic E-state index is 0.141. The first-order valence-electron chi connectivity index (χ1n) is 7.69. The predicted molar refractivity (Wildman–Crippen MR) is 83.8 cm³/mol. The highest BCUT2D eigenvalue weighted by Gasteiger charge is 2.33. The number of methoxy groups -OCH3 is 2. The second kappa shape index (κ2) is 7.14. The number of hydrogen-bond donors (Lipinski definition) is 2. The molecule has 0 unspecified atom stereocenters. The Kier molecular flexibility index (Phi) is 5.48. The lowest BCUT2D eigenvalue weighted by Crippen LogP contribution is -2.50. The molecule has 4 nitrogen and oxygen atoms in total. The smallest absolute Gasteiger partial charge is 0.127 e. The SMILES string of the molecule is COc1ccc(CNC2(CO)CCC(C)CC2)c(OC)c1. The molecule has 1 aromatic rings. The summed E-state index contributed by atoms with van der Waals surface area (Å²) in [6.07, 6.45) is 4.41. The molecule has 2 rings (SSSR count). The molecule has 1 aromatic carbocycles. The summed E-state index contributed by atoms with van der Waals surface area (Å²) in [7, 11) is 3.32. The Morgan fingerprint density at radius 1 is 1.24 bits per heavy atom. The van der Waals surface area contributed by atoms with Crippen LogP contribution in [0.25, 0.3) is 0 Å². The maximum Gasteiger partial charge on any atom is 0.127 e. The van der Waals surface area contributed by atoms with E-state index in [9.17, 15) is 5.11 Å². The number of nitrogens with one attached hydrogen (secondary N) is 1. The van der Waals surface area contributed by atoms with Crippen molar-refractivity contribution in [1.29, 1.82) is 0 Å². The molecule has 0 bridgehead atoms. The van der Waals surface area contributed by atoms with Crippen LogP contribution in [0.4, 0.5) is 0 Å². The van der Waals surface area contributed by atoms with Crippen LogP contribution in [0.1, 0.15) is 38.2 Å². The largest absolute Gasteiger partial charge is 0.497 e. The zero-order valence-electron chi connectivity index (χ0n) is 13.3. The normalized spacial score (nSPS) is 25.6. The number of rotatable bonds is 6. The van der Waals surface area contributed by atoms with E-state index >= 15 is 0 Å². The maximum absolute atomic E-state index is 9.80. The van der Waals surface area contributed by atoms with Crippen molar-refractivity contribution >= 4 is 0 Å². The van der Waals surface area contributed by atoms with E-state index in [2.05, 4.69) is 12.2 Å². The number of ether oxygens (including phenoxy) is 2. The first kappa shape index (κ1) is 16.1. The van der Waals surface area contributed by atoms with Crippen LogP contribution in [-0.4, -0.2) is 31.5 Å². The topological polar surface area (TPSA) is 50.7 Å². The van der Waals surface area contributed by atoms with Gasteiger partial charge in [-0.15, -0.1) is 0 Å². The van der Waals surface area contributed by atoms with Crippen LogP contribution < -0.4 is 14.8 Å². The van der Waals surface area contributed by atoms with E-state index in [0.717, 1.165) is 35.8 Å². The molecular formula is C17H27NO3. The summed E-state index contributed by atoms with van der Waals surface area (Å²) in [5.74, 6) is 2.38. The van der Waals surface area contributed by atoms with E-state index in [0.29, 0.717) is 6.54 Å². The molecule has 0 aromatic heterocycles. The van der Waals surface area contributed by atoms with E-state index in [4.69, 9.17) is 9.47 Å². The third-order valence-electron chi connectivity index (χ3n) is 4.68. The minimum Gasteiger partial charge on any atom is -0.497 e.